The third-order valence-corrected chi connectivity index (χ3v) is 3.42. The van der Waals surface area contributed by atoms with Crippen molar-refractivity contribution < 1.29 is 0 Å². The van der Waals surface area contributed by atoms with Gasteiger partial charge in [-0.1, -0.05) is 18.2 Å². The molecule has 0 fully saturated rings. The Morgan fingerprint density at radius 2 is 1.95 bits per heavy atom. The number of benzene rings is 2. The molecule has 3 rings (SSSR count). The molecule has 104 valence electrons. The molecule has 1 aromatic heterocycles. The van der Waals surface area contributed by atoms with Crippen LogP contribution in [-0.2, 0) is 6.42 Å². The van der Waals surface area contributed by atoms with Crippen LogP contribution >= 0.6 is 0 Å². The first kappa shape index (κ1) is 13.2. The quantitative estimate of drug-likeness (QED) is 0.760. The lowest BCUT2D eigenvalue weighted by Crippen LogP contribution is -1.92. The van der Waals surface area contributed by atoms with E-state index in [-0.39, 0.29) is 0 Å². The highest BCUT2D eigenvalue weighted by atomic mass is 15.1. The molecule has 2 N–H and O–H groups in total. The summed E-state index contributed by atoms with van der Waals surface area (Å²) >= 11 is 0. The maximum absolute atomic E-state index is 8.67. The van der Waals surface area contributed by atoms with Crippen molar-refractivity contribution in [3.05, 3.63) is 53.1 Å². The zero-order valence-electron chi connectivity index (χ0n) is 12.1. The van der Waals surface area contributed by atoms with Crippen LogP contribution < -0.4 is 5.32 Å². The number of imidazole rings is 1. The molecule has 4 heteroatoms. The van der Waals surface area contributed by atoms with Crippen LogP contribution in [0, 0.1) is 25.2 Å². The highest BCUT2D eigenvalue weighted by Gasteiger charge is 2.06. The molecule has 0 aliphatic heterocycles. The molecule has 21 heavy (non-hydrogen) atoms. The predicted molar refractivity (Wildman–Crippen MR) is 84.6 cm³/mol. The fourth-order valence-corrected chi connectivity index (χ4v) is 2.46. The van der Waals surface area contributed by atoms with Crippen LogP contribution in [0.3, 0.4) is 0 Å². The van der Waals surface area contributed by atoms with Gasteiger partial charge in [0.15, 0.2) is 0 Å². The number of hydrogen-bond donors (Lipinski definition) is 2. The van der Waals surface area contributed by atoms with Crippen LogP contribution in [0.15, 0.2) is 36.4 Å². The second kappa shape index (κ2) is 5.29. The number of anilines is 2. The molecule has 0 radical (unpaired) electrons. The molecule has 0 spiro atoms. The fraction of sp³-hybridized carbons (Fsp3) is 0.176. The van der Waals surface area contributed by atoms with Gasteiger partial charge < -0.3 is 10.3 Å². The van der Waals surface area contributed by atoms with Gasteiger partial charge >= 0.3 is 0 Å². The minimum atomic E-state index is 0.434. The van der Waals surface area contributed by atoms with Crippen molar-refractivity contribution in [1.82, 2.24) is 9.97 Å². The number of nitriles is 1. The van der Waals surface area contributed by atoms with Gasteiger partial charge in [0.25, 0.3) is 0 Å². The molecule has 0 atom stereocenters. The number of nitrogens with zero attached hydrogens (tertiary/aromatic N) is 2. The molecule has 2 aromatic carbocycles. The SMILES string of the molecule is Cc1cc(C)c2nc(Nc3ccc(CC#N)cc3)[nH]c2c1. The van der Waals surface area contributed by atoms with Crippen LogP contribution in [0.4, 0.5) is 11.6 Å². The summed E-state index contributed by atoms with van der Waals surface area (Å²) in [5, 5.41) is 11.9. The molecule has 0 bridgehead atoms. The molecular formula is C17H16N4. The van der Waals surface area contributed by atoms with E-state index in [1.807, 2.05) is 24.3 Å². The zero-order valence-corrected chi connectivity index (χ0v) is 12.1. The number of fused-ring (bicyclic) bond motifs is 1. The average molecular weight is 276 g/mol. The molecule has 0 aliphatic rings. The minimum Gasteiger partial charge on any atom is -0.326 e. The molecule has 1 heterocycles. The van der Waals surface area contributed by atoms with Gasteiger partial charge in [0.2, 0.25) is 5.95 Å². The third kappa shape index (κ3) is 2.72. The van der Waals surface area contributed by atoms with Crippen LogP contribution in [0.2, 0.25) is 0 Å². The first-order valence-corrected chi connectivity index (χ1v) is 6.85. The van der Waals surface area contributed by atoms with E-state index in [0.29, 0.717) is 6.42 Å². The van der Waals surface area contributed by atoms with Crippen molar-refractivity contribution in [1.29, 1.82) is 5.26 Å². The molecule has 4 nitrogen and oxygen atoms in total. The number of H-pyrrole nitrogens is 1. The van der Waals surface area contributed by atoms with Gasteiger partial charge in [-0.2, -0.15) is 5.26 Å². The molecule has 0 amide bonds. The molecule has 3 aromatic rings. The van der Waals surface area contributed by atoms with Gasteiger partial charge in [-0.15, -0.1) is 0 Å². The van der Waals surface area contributed by atoms with E-state index in [0.717, 1.165) is 28.2 Å². The zero-order chi connectivity index (χ0) is 14.8. The van der Waals surface area contributed by atoms with Gasteiger partial charge in [0.05, 0.1) is 23.5 Å². The van der Waals surface area contributed by atoms with E-state index in [1.54, 1.807) is 0 Å². The van der Waals surface area contributed by atoms with Crippen LogP contribution in [0.25, 0.3) is 11.0 Å². The molecule has 0 aliphatic carbocycles. The van der Waals surface area contributed by atoms with Crippen molar-refractivity contribution >= 4 is 22.7 Å². The maximum atomic E-state index is 8.67. The summed E-state index contributed by atoms with van der Waals surface area (Å²) in [6.45, 7) is 4.14. The minimum absolute atomic E-state index is 0.434. The summed E-state index contributed by atoms with van der Waals surface area (Å²) in [5.74, 6) is 0.728. The monoisotopic (exact) mass is 276 g/mol. The molecule has 0 unspecified atom stereocenters. The lowest BCUT2D eigenvalue weighted by molar-refractivity contribution is 1.25. The number of rotatable bonds is 3. The van der Waals surface area contributed by atoms with Crippen molar-refractivity contribution in [3.63, 3.8) is 0 Å². The highest BCUT2D eigenvalue weighted by Crippen LogP contribution is 2.22. The summed E-state index contributed by atoms with van der Waals surface area (Å²) in [4.78, 5) is 7.88. The average Bonchev–Trinajstić information content (AvgIpc) is 2.84. The Kier molecular flexibility index (Phi) is 3.33. The standard InChI is InChI=1S/C17H16N4/c1-11-9-12(2)16-15(10-11)20-17(21-16)19-14-5-3-13(4-6-14)7-8-18/h3-6,9-10H,7H2,1-2H3,(H2,19,20,21). The summed E-state index contributed by atoms with van der Waals surface area (Å²) in [7, 11) is 0. The van der Waals surface area contributed by atoms with Gasteiger partial charge in [-0.25, -0.2) is 4.98 Å². The summed E-state index contributed by atoms with van der Waals surface area (Å²) < 4.78 is 0. The fourth-order valence-electron chi connectivity index (χ4n) is 2.46. The molecule has 0 saturated heterocycles. The van der Waals surface area contributed by atoms with Crippen molar-refractivity contribution in [2.45, 2.75) is 20.3 Å². The number of nitrogens with one attached hydrogen (secondary N) is 2. The van der Waals surface area contributed by atoms with Crippen molar-refractivity contribution in [2.24, 2.45) is 0 Å². The molecule has 0 saturated carbocycles. The van der Waals surface area contributed by atoms with Gasteiger partial charge in [-0.3, -0.25) is 0 Å². The summed E-state index contributed by atoms with van der Waals surface area (Å²) in [6.07, 6.45) is 0.434. The Labute approximate surface area is 123 Å². The Balaban J connectivity index is 1.88. The van der Waals surface area contributed by atoms with E-state index in [4.69, 9.17) is 5.26 Å². The third-order valence-electron chi connectivity index (χ3n) is 3.42. The van der Waals surface area contributed by atoms with Crippen LogP contribution in [0.1, 0.15) is 16.7 Å². The summed E-state index contributed by atoms with van der Waals surface area (Å²) in [5.41, 5.74) is 6.37. The number of aromatic nitrogens is 2. The maximum Gasteiger partial charge on any atom is 0.205 e. The van der Waals surface area contributed by atoms with E-state index in [1.165, 1.54) is 11.1 Å². The Hall–Kier alpha value is -2.80. The largest absolute Gasteiger partial charge is 0.326 e. The highest BCUT2D eigenvalue weighted by molar-refractivity contribution is 5.82. The number of hydrogen-bond acceptors (Lipinski definition) is 3. The van der Waals surface area contributed by atoms with E-state index in [2.05, 4.69) is 47.3 Å². The van der Waals surface area contributed by atoms with Crippen LogP contribution in [-0.4, -0.2) is 9.97 Å². The van der Waals surface area contributed by atoms with Gasteiger partial charge in [0, 0.05) is 5.69 Å². The number of aryl methyl sites for hydroxylation is 2. The van der Waals surface area contributed by atoms with Crippen molar-refractivity contribution in [3.8, 4) is 6.07 Å². The smallest absolute Gasteiger partial charge is 0.205 e. The van der Waals surface area contributed by atoms with E-state index in [9.17, 15) is 0 Å². The lowest BCUT2D eigenvalue weighted by Gasteiger charge is -2.03. The first-order valence-electron chi connectivity index (χ1n) is 6.85. The Morgan fingerprint density at radius 3 is 2.67 bits per heavy atom. The Morgan fingerprint density at radius 1 is 1.19 bits per heavy atom. The predicted octanol–water partition coefficient (Wildman–Crippen LogP) is 3.99. The first-order chi connectivity index (χ1) is 10.2. The topological polar surface area (TPSA) is 64.5 Å². The van der Waals surface area contributed by atoms with E-state index >= 15 is 0 Å². The van der Waals surface area contributed by atoms with E-state index < -0.39 is 0 Å². The van der Waals surface area contributed by atoms with Gasteiger partial charge in [0.1, 0.15) is 0 Å². The second-order valence-corrected chi connectivity index (χ2v) is 5.22. The number of aromatic amines is 1. The Bertz CT molecular complexity index is 822. The lowest BCUT2D eigenvalue weighted by atomic mass is 10.1. The molecular weight excluding hydrogens is 260 g/mol. The second-order valence-electron chi connectivity index (χ2n) is 5.22. The van der Waals surface area contributed by atoms with Gasteiger partial charge in [-0.05, 0) is 48.7 Å². The van der Waals surface area contributed by atoms with Crippen LogP contribution in [0.5, 0.6) is 0 Å². The normalized spacial score (nSPS) is 10.5. The summed E-state index contributed by atoms with van der Waals surface area (Å²) in [6, 6.07) is 14.2. The van der Waals surface area contributed by atoms with Crippen molar-refractivity contribution in [2.75, 3.05) is 5.32 Å².